The van der Waals surface area contributed by atoms with Gasteiger partial charge in [0.1, 0.15) is 6.04 Å². The van der Waals surface area contributed by atoms with Gasteiger partial charge in [0.05, 0.1) is 16.8 Å². The monoisotopic (exact) mass is 494 g/mol. The first-order valence-electron chi connectivity index (χ1n) is 9.79. The number of para-hydroxylation sites is 1. The lowest BCUT2D eigenvalue weighted by Gasteiger charge is -2.24. The molecular weight excluding hydrogens is 474 g/mol. The van der Waals surface area contributed by atoms with Crippen LogP contribution in [-0.2, 0) is 14.3 Å². The highest BCUT2D eigenvalue weighted by Gasteiger charge is 2.43. The molecule has 0 bridgehead atoms. The Kier molecular flexibility index (Phi) is 8.45. The van der Waals surface area contributed by atoms with Crippen molar-refractivity contribution in [3.8, 4) is 0 Å². The van der Waals surface area contributed by atoms with E-state index in [0.29, 0.717) is 5.75 Å². The molecule has 2 aromatic carbocycles. The van der Waals surface area contributed by atoms with Gasteiger partial charge in [-0.25, -0.2) is 4.79 Å². The summed E-state index contributed by atoms with van der Waals surface area (Å²) in [5.74, 6) is -5.03. The van der Waals surface area contributed by atoms with Gasteiger partial charge in [-0.1, -0.05) is 36.0 Å². The second kappa shape index (κ2) is 11.3. The van der Waals surface area contributed by atoms with Crippen LogP contribution in [0, 0.1) is 0 Å². The fourth-order valence-corrected chi connectivity index (χ4v) is 4.31. The molecule has 174 valence electrons. The number of halogens is 2. The average Bonchev–Trinajstić information content (AvgIpc) is 3.04. The number of imide groups is 1. The number of nitrogens with one attached hydrogen (secondary N) is 1. The predicted molar refractivity (Wildman–Crippen MR) is 122 cm³/mol. The first-order valence-corrected chi connectivity index (χ1v) is 12.1. The highest BCUT2D eigenvalue weighted by Crippen LogP contribution is 2.31. The van der Waals surface area contributed by atoms with E-state index in [1.165, 1.54) is 36.0 Å². The second-order valence-corrected chi connectivity index (χ2v) is 8.87. The minimum absolute atomic E-state index is 0.154. The van der Waals surface area contributed by atoms with Gasteiger partial charge in [0.25, 0.3) is 23.5 Å². The van der Waals surface area contributed by atoms with Gasteiger partial charge < -0.3 is 10.1 Å². The molecule has 3 amide bonds. The van der Waals surface area contributed by atoms with Crippen molar-refractivity contribution in [2.45, 2.75) is 23.1 Å². The second-order valence-electron chi connectivity index (χ2n) is 6.85. The van der Waals surface area contributed by atoms with Crippen molar-refractivity contribution in [2.24, 2.45) is 0 Å². The number of hydrogen-bond donors (Lipinski definition) is 1. The van der Waals surface area contributed by atoms with Crippen LogP contribution in [0.25, 0.3) is 0 Å². The summed E-state index contributed by atoms with van der Waals surface area (Å²) in [6, 6.07) is 11.1. The Morgan fingerprint density at radius 2 is 1.64 bits per heavy atom. The molecule has 2 aromatic rings. The van der Waals surface area contributed by atoms with Crippen LogP contribution < -0.4 is 5.32 Å². The van der Waals surface area contributed by atoms with E-state index < -0.39 is 42.1 Å². The number of alkyl halides is 2. The molecule has 0 aliphatic carbocycles. The molecule has 7 nitrogen and oxygen atoms in total. The molecule has 0 radical (unpaired) electrons. The van der Waals surface area contributed by atoms with Crippen LogP contribution in [0.2, 0.25) is 0 Å². The van der Waals surface area contributed by atoms with E-state index in [2.05, 4.69) is 5.32 Å². The maximum atomic E-state index is 12.8. The first kappa shape index (κ1) is 24.7. The van der Waals surface area contributed by atoms with Gasteiger partial charge in [-0.2, -0.15) is 20.5 Å². The van der Waals surface area contributed by atoms with E-state index in [1.54, 1.807) is 24.3 Å². The van der Waals surface area contributed by atoms with E-state index >= 15 is 0 Å². The molecule has 11 heteroatoms. The van der Waals surface area contributed by atoms with Gasteiger partial charge in [0.2, 0.25) is 0 Å². The minimum atomic E-state index is -2.67. The maximum absolute atomic E-state index is 12.8. The standard InChI is InChI=1S/C22H20F2N2O5S2/c1-32-11-10-16(26-19(28)13-6-2-3-7-14(13)20(26)29)21(30)31-12-18(27)25-15-8-4-5-9-17(15)33-22(23)24/h2-9,16,22H,10-12H2,1H3,(H,25,27). The summed E-state index contributed by atoms with van der Waals surface area (Å²) in [6.45, 7) is -0.703. The summed E-state index contributed by atoms with van der Waals surface area (Å²) < 4.78 is 30.5. The lowest BCUT2D eigenvalue weighted by Crippen LogP contribution is -2.46. The van der Waals surface area contributed by atoms with Crippen LogP contribution in [0.4, 0.5) is 14.5 Å². The third-order valence-corrected chi connectivity index (χ3v) is 6.16. The van der Waals surface area contributed by atoms with Crippen LogP contribution >= 0.6 is 23.5 Å². The molecule has 3 rings (SSSR count). The molecular formula is C22H20F2N2O5S2. The molecule has 0 saturated heterocycles. The van der Waals surface area contributed by atoms with Crippen LogP contribution in [0.3, 0.4) is 0 Å². The summed E-state index contributed by atoms with van der Waals surface area (Å²) in [6.07, 6.45) is 1.97. The summed E-state index contributed by atoms with van der Waals surface area (Å²) in [5.41, 5.74) is 0.564. The molecule has 0 saturated carbocycles. The minimum Gasteiger partial charge on any atom is -0.454 e. The van der Waals surface area contributed by atoms with Crippen molar-refractivity contribution in [3.05, 3.63) is 59.7 Å². The van der Waals surface area contributed by atoms with E-state index in [4.69, 9.17) is 4.74 Å². The molecule has 1 aliphatic heterocycles. The van der Waals surface area contributed by atoms with Gasteiger partial charge in [0.15, 0.2) is 6.61 Å². The van der Waals surface area contributed by atoms with E-state index in [1.807, 2.05) is 6.26 Å². The zero-order chi connectivity index (χ0) is 24.0. The molecule has 1 heterocycles. The Hall–Kier alpha value is -2.92. The van der Waals surface area contributed by atoms with Crippen molar-refractivity contribution in [1.29, 1.82) is 0 Å². The van der Waals surface area contributed by atoms with E-state index in [9.17, 15) is 28.0 Å². The third kappa shape index (κ3) is 5.91. The molecule has 0 fully saturated rings. The Morgan fingerprint density at radius 1 is 1.03 bits per heavy atom. The quantitative estimate of drug-likeness (QED) is 0.304. The van der Waals surface area contributed by atoms with Gasteiger partial charge in [-0.15, -0.1) is 0 Å². The van der Waals surface area contributed by atoms with Crippen LogP contribution in [0.5, 0.6) is 0 Å². The number of nitrogens with zero attached hydrogens (tertiary/aromatic N) is 1. The molecule has 0 aromatic heterocycles. The number of carbonyl (C=O) groups is 4. The highest BCUT2D eigenvalue weighted by atomic mass is 32.2. The number of rotatable bonds is 10. The lowest BCUT2D eigenvalue weighted by atomic mass is 10.1. The number of anilines is 1. The molecule has 1 aliphatic rings. The fraction of sp³-hybridized carbons (Fsp3) is 0.273. The van der Waals surface area contributed by atoms with Gasteiger partial charge >= 0.3 is 5.97 Å². The van der Waals surface area contributed by atoms with E-state index in [0.717, 1.165) is 4.90 Å². The van der Waals surface area contributed by atoms with E-state index in [-0.39, 0.29) is 39.9 Å². The number of fused-ring (bicyclic) bond motifs is 1. The Balaban J connectivity index is 1.68. The normalized spacial score (nSPS) is 13.8. The summed E-state index contributed by atoms with van der Waals surface area (Å²) in [5, 5.41) is 2.43. The van der Waals surface area contributed by atoms with Crippen molar-refractivity contribution < 1.29 is 32.7 Å². The third-order valence-electron chi connectivity index (χ3n) is 4.73. The molecule has 0 spiro atoms. The predicted octanol–water partition coefficient (Wildman–Crippen LogP) is 3.90. The van der Waals surface area contributed by atoms with Gasteiger partial charge in [0, 0.05) is 4.90 Å². The molecule has 33 heavy (non-hydrogen) atoms. The number of esters is 1. The fourth-order valence-electron chi connectivity index (χ4n) is 3.26. The van der Waals surface area contributed by atoms with Gasteiger partial charge in [-0.3, -0.25) is 19.3 Å². The van der Waals surface area contributed by atoms with Crippen molar-refractivity contribution in [2.75, 3.05) is 23.9 Å². The summed E-state index contributed by atoms with van der Waals surface area (Å²) >= 11 is 1.70. The van der Waals surface area contributed by atoms with Crippen LogP contribution in [0.15, 0.2) is 53.4 Å². The van der Waals surface area contributed by atoms with Crippen LogP contribution in [0.1, 0.15) is 27.1 Å². The van der Waals surface area contributed by atoms with Gasteiger partial charge in [-0.05, 0) is 42.7 Å². The zero-order valence-electron chi connectivity index (χ0n) is 17.5. The topological polar surface area (TPSA) is 92.8 Å². The van der Waals surface area contributed by atoms with Crippen LogP contribution in [-0.4, -0.2) is 59.0 Å². The zero-order valence-corrected chi connectivity index (χ0v) is 19.1. The first-order chi connectivity index (χ1) is 15.8. The van der Waals surface area contributed by atoms with Crippen molar-refractivity contribution in [3.63, 3.8) is 0 Å². The Bertz CT molecular complexity index is 1030. The summed E-state index contributed by atoms with van der Waals surface area (Å²) in [4.78, 5) is 51.6. The van der Waals surface area contributed by atoms with Crippen molar-refractivity contribution in [1.82, 2.24) is 4.90 Å². The average molecular weight is 495 g/mol. The molecule has 1 atom stereocenters. The Morgan fingerprint density at radius 3 is 2.24 bits per heavy atom. The number of amides is 3. The highest BCUT2D eigenvalue weighted by molar-refractivity contribution is 7.99. The molecule has 1 N–H and O–H groups in total. The summed E-state index contributed by atoms with van der Waals surface area (Å²) in [7, 11) is 0. The SMILES string of the molecule is CSCCC(C(=O)OCC(=O)Nc1ccccc1SC(F)F)N1C(=O)c2ccccc2C1=O. The maximum Gasteiger partial charge on any atom is 0.329 e. The Labute approximate surface area is 197 Å². The number of ether oxygens (including phenoxy) is 1. The number of hydrogen-bond acceptors (Lipinski definition) is 7. The lowest BCUT2D eigenvalue weighted by molar-refractivity contribution is -0.151. The van der Waals surface area contributed by atoms with Crippen molar-refractivity contribution >= 4 is 52.9 Å². The number of thioether (sulfide) groups is 2. The smallest absolute Gasteiger partial charge is 0.329 e. The largest absolute Gasteiger partial charge is 0.454 e. The molecule has 1 unspecified atom stereocenters. The number of carbonyl (C=O) groups excluding carboxylic acids is 4. The number of benzene rings is 2.